The second-order valence-corrected chi connectivity index (χ2v) is 5.91. The van der Waals surface area contributed by atoms with Gasteiger partial charge in [-0.3, -0.25) is 0 Å². The van der Waals surface area contributed by atoms with E-state index in [1.165, 1.54) is 0 Å². The van der Waals surface area contributed by atoms with E-state index in [0.29, 0.717) is 11.4 Å². The van der Waals surface area contributed by atoms with Crippen molar-refractivity contribution in [3.63, 3.8) is 0 Å². The average Bonchev–Trinajstić information content (AvgIpc) is 2.78. The zero-order valence-corrected chi connectivity index (χ0v) is 11.6. The van der Waals surface area contributed by atoms with E-state index < -0.39 is 7.12 Å². The van der Waals surface area contributed by atoms with Crippen LogP contribution < -0.4 is 11.2 Å². The monoisotopic (exact) mass is 260 g/mol. The van der Waals surface area contributed by atoms with E-state index in [4.69, 9.17) is 19.6 Å². The Kier molecular flexibility index (Phi) is 2.46. The van der Waals surface area contributed by atoms with Crippen LogP contribution in [0.4, 0.5) is 5.82 Å². The fourth-order valence-corrected chi connectivity index (χ4v) is 2.10. The van der Waals surface area contributed by atoms with Gasteiger partial charge in [-0.2, -0.15) is 0 Å². The first-order valence-corrected chi connectivity index (χ1v) is 6.31. The summed E-state index contributed by atoms with van der Waals surface area (Å²) in [4.78, 5) is 0. The van der Waals surface area contributed by atoms with Crippen molar-refractivity contribution >= 4 is 29.4 Å². The molecule has 0 amide bonds. The number of fused-ring (bicyclic) bond motifs is 1. The summed E-state index contributed by atoms with van der Waals surface area (Å²) < 4.78 is 17.1. The second-order valence-electron chi connectivity index (χ2n) is 5.91. The minimum Gasteiger partial charge on any atom is -0.399 e. The van der Waals surface area contributed by atoms with Gasteiger partial charge in [0.15, 0.2) is 11.4 Å². The van der Waals surface area contributed by atoms with Crippen LogP contribution in [-0.4, -0.2) is 23.5 Å². The minimum atomic E-state index is -0.402. The maximum Gasteiger partial charge on any atom is 0.494 e. The number of nitrogen functional groups attached to an aromatic ring is 1. The molecule has 1 fully saturated rings. The predicted molar refractivity (Wildman–Crippen MR) is 74.1 cm³/mol. The quantitative estimate of drug-likeness (QED) is 0.790. The van der Waals surface area contributed by atoms with Crippen LogP contribution in [0.3, 0.4) is 0 Å². The summed E-state index contributed by atoms with van der Waals surface area (Å²) in [7, 11) is -0.402. The highest BCUT2D eigenvalue weighted by Crippen LogP contribution is 2.36. The Morgan fingerprint density at radius 1 is 1.11 bits per heavy atom. The predicted octanol–water partition coefficient (Wildman–Crippen LogP) is 1.71. The number of hydrogen-bond acceptors (Lipinski definition) is 5. The molecule has 0 spiro atoms. The highest BCUT2D eigenvalue weighted by Gasteiger charge is 2.51. The van der Waals surface area contributed by atoms with Crippen molar-refractivity contribution in [3.05, 3.63) is 18.2 Å². The van der Waals surface area contributed by atoms with Gasteiger partial charge >= 0.3 is 7.12 Å². The molecule has 1 aromatic heterocycles. The molecule has 1 aromatic carbocycles. The number of nitrogens with zero attached hydrogens (tertiary/aromatic N) is 1. The lowest BCUT2D eigenvalue weighted by Gasteiger charge is -2.32. The maximum absolute atomic E-state index is 5.99. The standard InChI is InChI=1S/C13H17BN2O3/c1-12(2)13(3,4)19-14(18-12)8-5-6-9-10(7-8)17-16-11(9)15/h5-7H,1-4H3,(H2,15,16). The molecule has 0 radical (unpaired) electrons. The summed E-state index contributed by atoms with van der Waals surface area (Å²) in [6.07, 6.45) is 0. The smallest absolute Gasteiger partial charge is 0.399 e. The SMILES string of the molecule is CC1(C)OB(c2ccc3c(N)noc3c2)OC1(C)C. The van der Waals surface area contributed by atoms with Crippen molar-refractivity contribution in [1.29, 1.82) is 0 Å². The molecule has 0 saturated carbocycles. The Morgan fingerprint density at radius 3 is 2.37 bits per heavy atom. The second kappa shape index (κ2) is 3.74. The number of rotatable bonds is 1. The van der Waals surface area contributed by atoms with Gasteiger partial charge in [0.2, 0.25) is 0 Å². The van der Waals surface area contributed by atoms with Crippen molar-refractivity contribution in [3.8, 4) is 0 Å². The molecule has 1 aliphatic heterocycles. The molecule has 5 nitrogen and oxygen atoms in total. The molecule has 19 heavy (non-hydrogen) atoms. The van der Waals surface area contributed by atoms with E-state index in [0.717, 1.165) is 10.8 Å². The molecule has 0 aliphatic carbocycles. The Balaban J connectivity index is 1.98. The zero-order chi connectivity index (χ0) is 13.8. The molecule has 100 valence electrons. The van der Waals surface area contributed by atoms with Gasteiger partial charge in [0.25, 0.3) is 0 Å². The van der Waals surface area contributed by atoms with E-state index in [9.17, 15) is 0 Å². The molecule has 0 atom stereocenters. The van der Waals surface area contributed by atoms with Crippen molar-refractivity contribution in [2.75, 3.05) is 5.73 Å². The molecular formula is C13H17BN2O3. The lowest BCUT2D eigenvalue weighted by Crippen LogP contribution is -2.41. The topological polar surface area (TPSA) is 70.5 Å². The number of hydrogen-bond donors (Lipinski definition) is 1. The van der Waals surface area contributed by atoms with Crippen molar-refractivity contribution < 1.29 is 13.8 Å². The number of aromatic nitrogens is 1. The summed E-state index contributed by atoms with van der Waals surface area (Å²) in [6.45, 7) is 8.10. The molecule has 6 heteroatoms. The van der Waals surface area contributed by atoms with Crippen LogP contribution in [0, 0.1) is 0 Å². The normalized spacial score (nSPS) is 21.2. The first-order valence-electron chi connectivity index (χ1n) is 6.31. The van der Waals surface area contributed by atoms with E-state index in [1.807, 2.05) is 45.9 Å². The van der Waals surface area contributed by atoms with Crippen LogP contribution in [0.5, 0.6) is 0 Å². The molecule has 1 saturated heterocycles. The Bertz CT molecular complexity index is 620. The van der Waals surface area contributed by atoms with E-state index in [2.05, 4.69) is 5.16 Å². The van der Waals surface area contributed by atoms with Crippen LogP contribution in [0.1, 0.15) is 27.7 Å². The third-order valence-corrected chi connectivity index (χ3v) is 4.05. The summed E-state index contributed by atoms with van der Waals surface area (Å²) in [5, 5.41) is 4.55. The van der Waals surface area contributed by atoms with Gasteiger partial charge in [-0.05, 0) is 45.3 Å². The first-order chi connectivity index (χ1) is 8.80. The van der Waals surface area contributed by atoms with E-state index in [1.54, 1.807) is 0 Å². The molecule has 2 N–H and O–H groups in total. The summed E-state index contributed by atoms with van der Waals surface area (Å²) >= 11 is 0. The molecule has 0 bridgehead atoms. The Labute approximate surface area is 112 Å². The maximum atomic E-state index is 5.99. The lowest BCUT2D eigenvalue weighted by atomic mass is 9.79. The fraction of sp³-hybridized carbons (Fsp3) is 0.462. The molecule has 1 aliphatic rings. The average molecular weight is 260 g/mol. The van der Waals surface area contributed by atoms with Crippen LogP contribution in [-0.2, 0) is 9.31 Å². The number of benzene rings is 1. The van der Waals surface area contributed by atoms with Gasteiger partial charge in [-0.25, -0.2) is 0 Å². The van der Waals surface area contributed by atoms with Gasteiger partial charge in [0.05, 0.1) is 16.6 Å². The zero-order valence-electron chi connectivity index (χ0n) is 11.6. The highest BCUT2D eigenvalue weighted by atomic mass is 16.7. The van der Waals surface area contributed by atoms with Gasteiger partial charge in [0.1, 0.15) is 0 Å². The third-order valence-electron chi connectivity index (χ3n) is 4.05. The molecule has 3 rings (SSSR count). The van der Waals surface area contributed by atoms with E-state index >= 15 is 0 Å². The molecule has 2 heterocycles. The largest absolute Gasteiger partial charge is 0.494 e. The highest BCUT2D eigenvalue weighted by molar-refractivity contribution is 6.62. The van der Waals surface area contributed by atoms with Crippen LogP contribution in [0.2, 0.25) is 0 Å². The Hall–Kier alpha value is -1.53. The Morgan fingerprint density at radius 2 is 1.74 bits per heavy atom. The first kappa shape index (κ1) is 12.5. The number of nitrogens with two attached hydrogens (primary N) is 1. The van der Waals surface area contributed by atoms with Gasteiger partial charge in [0, 0.05) is 0 Å². The van der Waals surface area contributed by atoms with Crippen LogP contribution >= 0.6 is 0 Å². The lowest BCUT2D eigenvalue weighted by molar-refractivity contribution is 0.00578. The van der Waals surface area contributed by atoms with E-state index in [-0.39, 0.29) is 11.2 Å². The summed E-state index contributed by atoms with van der Waals surface area (Å²) in [5.74, 6) is 0.399. The van der Waals surface area contributed by atoms with Gasteiger partial charge in [-0.1, -0.05) is 11.2 Å². The third kappa shape index (κ3) is 1.83. The fourth-order valence-electron chi connectivity index (χ4n) is 2.10. The van der Waals surface area contributed by atoms with Crippen molar-refractivity contribution in [2.24, 2.45) is 0 Å². The number of anilines is 1. The van der Waals surface area contributed by atoms with Crippen LogP contribution in [0.15, 0.2) is 22.7 Å². The van der Waals surface area contributed by atoms with Crippen molar-refractivity contribution in [1.82, 2.24) is 5.16 Å². The molecular weight excluding hydrogens is 243 g/mol. The van der Waals surface area contributed by atoms with Crippen LogP contribution in [0.25, 0.3) is 11.0 Å². The van der Waals surface area contributed by atoms with Crippen molar-refractivity contribution in [2.45, 2.75) is 38.9 Å². The molecule has 2 aromatic rings. The summed E-state index contributed by atoms with van der Waals surface area (Å²) in [6, 6.07) is 5.67. The van der Waals surface area contributed by atoms with Gasteiger partial charge in [-0.15, -0.1) is 0 Å². The minimum absolute atomic E-state index is 0.354. The molecule has 0 unspecified atom stereocenters. The van der Waals surface area contributed by atoms with Gasteiger partial charge < -0.3 is 19.6 Å². The summed E-state index contributed by atoms with van der Waals surface area (Å²) in [5.41, 5.74) is 6.54.